The lowest BCUT2D eigenvalue weighted by Crippen LogP contribution is -1.92. The normalized spacial score (nSPS) is 10.8. The van der Waals surface area contributed by atoms with Gasteiger partial charge in [-0.05, 0) is 61.4 Å². The summed E-state index contributed by atoms with van der Waals surface area (Å²) in [6.07, 6.45) is 2.14. The summed E-state index contributed by atoms with van der Waals surface area (Å²) in [7, 11) is 0. The second-order valence-electron chi connectivity index (χ2n) is 6.61. The highest BCUT2D eigenvalue weighted by molar-refractivity contribution is 5.99. The van der Waals surface area contributed by atoms with Crippen molar-refractivity contribution in [2.24, 2.45) is 0 Å². The van der Waals surface area contributed by atoms with Crippen molar-refractivity contribution in [3.8, 4) is 22.9 Å². The van der Waals surface area contributed by atoms with Crippen LogP contribution >= 0.6 is 0 Å². The summed E-state index contributed by atoms with van der Waals surface area (Å²) < 4.78 is 2.17. The maximum absolute atomic E-state index is 9.33. The third kappa shape index (κ3) is 2.53. The summed E-state index contributed by atoms with van der Waals surface area (Å²) in [5, 5.41) is 10.4. The summed E-state index contributed by atoms with van der Waals surface area (Å²) in [6, 6.07) is 22.5. The monoisotopic (exact) mass is 337 g/mol. The largest absolute Gasteiger partial charge is 0.398 e. The van der Waals surface area contributed by atoms with E-state index in [1.807, 2.05) is 37.3 Å². The number of aryl methyl sites for hydroxylation is 1. The van der Waals surface area contributed by atoms with E-state index in [9.17, 15) is 5.26 Å². The van der Waals surface area contributed by atoms with Gasteiger partial charge in [-0.15, -0.1) is 0 Å². The van der Waals surface area contributed by atoms with Gasteiger partial charge < -0.3 is 10.3 Å². The molecule has 4 aromatic rings. The summed E-state index contributed by atoms with van der Waals surface area (Å²) in [6.45, 7) is 4.12. The first-order chi connectivity index (χ1) is 12.6. The van der Waals surface area contributed by atoms with E-state index in [-0.39, 0.29) is 0 Å². The zero-order valence-electron chi connectivity index (χ0n) is 14.8. The van der Waals surface area contributed by atoms with E-state index >= 15 is 0 Å². The fraction of sp³-hybridized carbons (Fsp3) is 0.0870. The SMILES string of the molecule is Cc1ccc(-n2cc(-c3cccc(N)c3C)c3cc(C#N)ccc32)cc1. The molecule has 0 spiro atoms. The van der Waals surface area contributed by atoms with Crippen LogP contribution in [-0.2, 0) is 0 Å². The Morgan fingerprint density at radius 2 is 1.69 bits per heavy atom. The molecule has 0 aliphatic rings. The molecule has 0 amide bonds. The lowest BCUT2D eigenvalue weighted by atomic mass is 9.98. The Labute approximate surface area is 152 Å². The minimum atomic E-state index is 0.655. The molecular formula is C23H19N3. The third-order valence-electron chi connectivity index (χ3n) is 4.91. The molecular weight excluding hydrogens is 318 g/mol. The van der Waals surface area contributed by atoms with Gasteiger partial charge in [0.25, 0.3) is 0 Å². The van der Waals surface area contributed by atoms with Crippen LogP contribution in [0.4, 0.5) is 5.69 Å². The topological polar surface area (TPSA) is 54.7 Å². The van der Waals surface area contributed by atoms with E-state index in [0.29, 0.717) is 5.56 Å². The first-order valence-corrected chi connectivity index (χ1v) is 8.56. The lowest BCUT2D eigenvalue weighted by Gasteiger charge is -2.07. The van der Waals surface area contributed by atoms with Gasteiger partial charge in [0.1, 0.15) is 0 Å². The molecule has 0 unspecified atom stereocenters. The van der Waals surface area contributed by atoms with Crippen molar-refractivity contribution in [2.75, 3.05) is 5.73 Å². The molecule has 3 heteroatoms. The van der Waals surface area contributed by atoms with Gasteiger partial charge in [-0.2, -0.15) is 5.26 Å². The third-order valence-corrected chi connectivity index (χ3v) is 4.91. The maximum Gasteiger partial charge on any atom is 0.0991 e. The van der Waals surface area contributed by atoms with Crippen LogP contribution in [0.3, 0.4) is 0 Å². The molecule has 1 heterocycles. The quantitative estimate of drug-likeness (QED) is 0.500. The van der Waals surface area contributed by atoms with E-state index in [2.05, 4.69) is 54.1 Å². The molecule has 0 bridgehead atoms. The van der Waals surface area contributed by atoms with Gasteiger partial charge in [-0.25, -0.2) is 0 Å². The van der Waals surface area contributed by atoms with Crippen LogP contribution < -0.4 is 5.73 Å². The Bertz CT molecular complexity index is 1160. The van der Waals surface area contributed by atoms with Gasteiger partial charge in [0.05, 0.1) is 17.1 Å². The van der Waals surface area contributed by atoms with Crippen LogP contribution in [0.5, 0.6) is 0 Å². The minimum absolute atomic E-state index is 0.655. The molecule has 0 atom stereocenters. The van der Waals surface area contributed by atoms with Gasteiger partial charge in [-0.1, -0.05) is 29.8 Å². The highest BCUT2D eigenvalue weighted by atomic mass is 15.0. The highest BCUT2D eigenvalue weighted by Crippen LogP contribution is 2.36. The van der Waals surface area contributed by atoms with Crippen molar-refractivity contribution in [3.05, 3.63) is 83.6 Å². The van der Waals surface area contributed by atoms with Crippen LogP contribution in [0.2, 0.25) is 0 Å². The summed E-state index contributed by atoms with van der Waals surface area (Å²) in [5.41, 5.74) is 14.2. The first kappa shape index (κ1) is 16.0. The fourth-order valence-corrected chi connectivity index (χ4v) is 3.38. The van der Waals surface area contributed by atoms with Gasteiger partial charge in [0, 0.05) is 28.5 Å². The molecule has 3 nitrogen and oxygen atoms in total. The average molecular weight is 337 g/mol. The number of anilines is 1. The Hall–Kier alpha value is -3.51. The van der Waals surface area contributed by atoms with Gasteiger partial charge in [-0.3, -0.25) is 0 Å². The number of rotatable bonds is 2. The molecule has 26 heavy (non-hydrogen) atoms. The van der Waals surface area contributed by atoms with Crippen LogP contribution in [0.1, 0.15) is 16.7 Å². The van der Waals surface area contributed by atoms with E-state index < -0.39 is 0 Å². The predicted octanol–water partition coefficient (Wildman–Crippen LogP) is 5.37. The molecule has 126 valence electrons. The molecule has 3 aromatic carbocycles. The molecule has 0 aliphatic carbocycles. The number of nitrogen functional groups attached to an aromatic ring is 1. The molecule has 0 aliphatic heterocycles. The number of nitriles is 1. The fourth-order valence-electron chi connectivity index (χ4n) is 3.38. The maximum atomic E-state index is 9.33. The zero-order valence-corrected chi connectivity index (χ0v) is 14.8. The minimum Gasteiger partial charge on any atom is -0.398 e. The molecule has 0 radical (unpaired) electrons. The highest BCUT2D eigenvalue weighted by Gasteiger charge is 2.14. The van der Waals surface area contributed by atoms with Crippen molar-refractivity contribution in [3.63, 3.8) is 0 Å². The van der Waals surface area contributed by atoms with Crippen LogP contribution in [-0.4, -0.2) is 4.57 Å². The Kier molecular flexibility index (Phi) is 3.74. The standard InChI is InChI=1S/C23H19N3/c1-15-6-9-18(10-7-15)26-14-21(19-4-3-5-22(25)16(19)2)20-12-17(13-24)8-11-23(20)26/h3-12,14H,25H2,1-2H3. The average Bonchev–Trinajstić information content (AvgIpc) is 3.03. The van der Waals surface area contributed by atoms with Crippen LogP contribution in [0.15, 0.2) is 66.9 Å². The number of nitrogens with zero attached hydrogens (tertiary/aromatic N) is 2. The van der Waals surface area contributed by atoms with E-state index in [1.165, 1.54) is 5.56 Å². The molecule has 2 N–H and O–H groups in total. The number of hydrogen-bond acceptors (Lipinski definition) is 2. The number of benzene rings is 3. The second kappa shape index (κ2) is 6.09. The molecule has 0 saturated heterocycles. The molecule has 1 aromatic heterocycles. The van der Waals surface area contributed by atoms with Gasteiger partial charge in [0.15, 0.2) is 0 Å². The zero-order chi connectivity index (χ0) is 18.3. The lowest BCUT2D eigenvalue weighted by molar-refractivity contribution is 1.12. The second-order valence-corrected chi connectivity index (χ2v) is 6.61. The smallest absolute Gasteiger partial charge is 0.0991 e. The predicted molar refractivity (Wildman–Crippen MR) is 107 cm³/mol. The first-order valence-electron chi connectivity index (χ1n) is 8.56. The van der Waals surface area contributed by atoms with Crippen LogP contribution in [0, 0.1) is 25.2 Å². The van der Waals surface area contributed by atoms with Crippen molar-refractivity contribution in [1.82, 2.24) is 4.57 Å². The Morgan fingerprint density at radius 1 is 0.923 bits per heavy atom. The number of nitrogens with two attached hydrogens (primary N) is 1. The number of aromatic nitrogens is 1. The summed E-state index contributed by atoms with van der Waals surface area (Å²) >= 11 is 0. The number of hydrogen-bond donors (Lipinski definition) is 1. The van der Waals surface area contributed by atoms with Gasteiger partial charge in [0.2, 0.25) is 0 Å². The van der Waals surface area contributed by atoms with Crippen molar-refractivity contribution in [1.29, 1.82) is 5.26 Å². The van der Waals surface area contributed by atoms with Gasteiger partial charge >= 0.3 is 0 Å². The molecule has 0 fully saturated rings. The van der Waals surface area contributed by atoms with Crippen molar-refractivity contribution in [2.45, 2.75) is 13.8 Å². The summed E-state index contributed by atoms with van der Waals surface area (Å²) in [5.74, 6) is 0. The van der Waals surface area contributed by atoms with Crippen molar-refractivity contribution < 1.29 is 0 Å². The number of fused-ring (bicyclic) bond motifs is 1. The van der Waals surface area contributed by atoms with E-state index in [1.54, 1.807) is 0 Å². The van der Waals surface area contributed by atoms with Crippen LogP contribution in [0.25, 0.3) is 27.7 Å². The Balaban J connectivity index is 2.05. The van der Waals surface area contributed by atoms with E-state index in [0.717, 1.165) is 39.0 Å². The Morgan fingerprint density at radius 3 is 2.42 bits per heavy atom. The molecule has 4 rings (SSSR count). The molecule has 0 saturated carbocycles. The van der Waals surface area contributed by atoms with Crippen molar-refractivity contribution >= 4 is 16.6 Å². The summed E-state index contributed by atoms with van der Waals surface area (Å²) in [4.78, 5) is 0. The van der Waals surface area contributed by atoms with E-state index in [4.69, 9.17) is 5.73 Å².